The van der Waals surface area contributed by atoms with Gasteiger partial charge in [-0.1, -0.05) is 6.42 Å². The number of carboxylic acids is 1. The van der Waals surface area contributed by atoms with Crippen LogP contribution in [0.1, 0.15) is 31.2 Å². The van der Waals surface area contributed by atoms with Gasteiger partial charge in [-0.15, -0.1) is 0 Å². The number of urea groups is 1. The van der Waals surface area contributed by atoms with Crippen molar-refractivity contribution in [3.63, 3.8) is 0 Å². The second kappa shape index (κ2) is 8.14. The molecule has 0 bridgehead atoms. The van der Waals surface area contributed by atoms with Gasteiger partial charge in [0.1, 0.15) is 5.82 Å². The molecular weight excluding hydrogens is 263 g/mol. The maximum atomic E-state index is 12.9. The Morgan fingerprint density at radius 1 is 1.25 bits per heavy atom. The predicted molar refractivity (Wildman–Crippen MR) is 74.3 cm³/mol. The molecule has 1 rings (SSSR count). The number of anilines is 1. The third kappa shape index (κ3) is 6.17. The lowest BCUT2D eigenvalue weighted by atomic mass is 10.2. The number of hydrogen-bond donors (Lipinski definition) is 3. The topological polar surface area (TPSA) is 78.4 Å². The lowest BCUT2D eigenvalue weighted by Gasteiger charge is -2.09. The molecule has 0 unspecified atom stereocenters. The van der Waals surface area contributed by atoms with Crippen LogP contribution < -0.4 is 10.6 Å². The molecule has 2 amide bonds. The van der Waals surface area contributed by atoms with Crippen LogP contribution in [0.5, 0.6) is 0 Å². The van der Waals surface area contributed by atoms with E-state index in [-0.39, 0.29) is 18.3 Å². The van der Waals surface area contributed by atoms with E-state index in [0.29, 0.717) is 24.2 Å². The lowest BCUT2D eigenvalue weighted by Crippen LogP contribution is -2.29. The van der Waals surface area contributed by atoms with Crippen molar-refractivity contribution in [2.75, 3.05) is 11.9 Å². The number of carboxylic acid groups (broad SMARTS) is 1. The molecule has 6 heteroatoms. The Morgan fingerprint density at radius 2 is 2.00 bits per heavy atom. The van der Waals surface area contributed by atoms with Gasteiger partial charge in [-0.2, -0.15) is 0 Å². The molecule has 110 valence electrons. The van der Waals surface area contributed by atoms with E-state index in [4.69, 9.17) is 5.11 Å². The summed E-state index contributed by atoms with van der Waals surface area (Å²) in [6.45, 7) is 2.19. The zero-order chi connectivity index (χ0) is 15.0. The van der Waals surface area contributed by atoms with Crippen molar-refractivity contribution in [1.29, 1.82) is 0 Å². The van der Waals surface area contributed by atoms with Crippen molar-refractivity contribution >= 4 is 17.7 Å². The first-order chi connectivity index (χ1) is 9.49. The summed E-state index contributed by atoms with van der Waals surface area (Å²) in [5, 5.41) is 13.8. The summed E-state index contributed by atoms with van der Waals surface area (Å²) >= 11 is 0. The monoisotopic (exact) mass is 282 g/mol. The van der Waals surface area contributed by atoms with Gasteiger partial charge < -0.3 is 15.7 Å². The van der Waals surface area contributed by atoms with Crippen LogP contribution in [-0.4, -0.2) is 23.7 Å². The van der Waals surface area contributed by atoms with Crippen LogP contribution in [0.15, 0.2) is 18.2 Å². The van der Waals surface area contributed by atoms with Crippen molar-refractivity contribution in [2.45, 2.75) is 32.6 Å². The van der Waals surface area contributed by atoms with Crippen LogP contribution in [-0.2, 0) is 4.79 Å². The summed E-state index contributed by atoms with van der Waals surface area (Å²) in [4.78, 5) is 21.9. The summed E-state index contributed by atoms with van der Waals surface area (Å²) in [6.07, 6.45) is 2.24. The van der Waals surface area contributed by atoms with E-state index in [1.54, 1.807) is 6.92 Å². The molecule has 0 saturated heterocycles. The highest BCUT2D eigenvalue weighted by atomic mass is 19.1. The fourth-order valence-corrected chi connectivity index (χ4v) is 1.71. The van der Waals surface area contributed by atoms with Crippen LogP contribution in [0.4, 0.5) is 14.9 Å². The number of carbonyl (C=O) groups excluding carboxylic acids is 1. The van der Waals surface area contributed by atoms with Gasteiger partial charge in [0, 0.05) is 18.7 Å². The van der Waals surface area contributed by atoms with Crippen LogP contribution in [0.2, 0.25) is 0 Å². The van der Waals surface area contributed by atoms with Crippen LogP contribution >= 0.6 is 0 Å². The Labute approximate surface area is 117 Å². The third-order valence-electron chi connectivity index (χ3n) is 2.79. The second-order valence-corrected chi connectivity index (χ2v) is 4.54. The number of rotatable bonds is 7. The molecule has 0 aliphatic rings. The van der Waals surface area contributed by atoms with E-state index in [1.165, 1.54) is 18.2 Å². The number of unbranched alkanes of at least 4 members (excludes halogenated alkanes) is 2. The quantitative estimate of drug-likeness (QED) is 0.673. The Kier molecular flexibility index (Phi) is 6.49. The number of aliphatic carboxylic acids is 1. The average molecular weight is 282 g/mol. The molecule has 0 radical (unpaired) electrons. The van der Waals surface area contributed by atoms with Gasteiger partial charge in [-0.25, -0.2) is 9.18 Å². The maximum absolute atomic E-state index is 12.9. The number of benzene rings is 1. The van der Waals surface area contributed by atoms with Crippen molar-refractivity contribution in [3.05, 3.63) is 29.6 Å². The average Bonchev–Trinajstić information content (AvgIpc) is 2.36. The Balaban J connectivity index is 2.22. The minimum absolute atomic E-state index is 0.154. The molecule has 20 heavy (non-hydrogen) atoms. The molecule has 0 aromatic heterocycles. The smallest absolute Gasteiger partial charge is 0.319 e. The van der Waals surface area contributed by atoms with Gasteiger partial charge in [-0.05, 0) is 43.5 Å². The summed E-state index contributed by atoms with van der Waals surface area (Å²) in [5.74, 6) is -1.14. The zero-order valence-electron chi connectivity index (χ0n) is 11.4. The summed E-state index contributed by atoms with van der Waals surface area (Å²) in [6, 6.07) is 3.80. The van der Waals surface area contributed by atoms with Gasteiger partial charge >= 0.3 is 12.0 Å². The maximum Gasteiger partial charge on any atom is 0.319 e. The highest BCUT2D eigenvalue weighted by molar-refractivity contribution is 5.89. The largest absolute Gasteiger partial charge is 0.481 e. The van der Waals surface area contributed by atoms with E-state index in [9.17, 15) is 14.0 Å². The Hall–Kier alpha value is -2.11. The molecule has 3 N–H and O–H groups in total. The Morgan fingerprint density at radius 3 is 2.65 bits per heavy atom. The zero-order valence-corrected chi connectivity index (χ0v) is 11.4. The molecule has 1 aromatic carbocycles. The fraction of sp³-hybridized carbons (Fsp3) is 0.429. The van der Waals surface area contributed by atoms with Gasteiger partial charge in [0.25, 0.3) is 0 Å². The van der Waals surface area contributed by atoms with E-state index in [0.717, 1.165) is 12.8 Å². The minimum Gasteiger partial charge on any atom is -0.481 e. The van der Waals surface area contributed by atoms with E-state index in [2.05, 4.69) is 10.6 Å². The number of amides is 2. The first-order valence-electron chi connectivity index (χ1n) is 6.52. The molecule has 0 atom stereocenters. The second-order valence-electron chi connectivity index (χ2n) is 4.54. The SMILES string of the molecule is Cc1cc(F)ccc1NC(=O)NCCCCCC(=O)O. The van der Waals surface area contributed by atoms with Crippen LogP contribution in [0, 0.1) is 12.7 Å². The summed E-state index contributed by atoms with van der Waals surface area (Å²) in [5.41, 5.74) is 1.22. The predicted octanol–water partition coefficient (Wildman–Crippen LogP) is 2.90. The molecule has 0 aliphatic heterocycles. The van der Waals surface area contributed by atoms with Crippen molar-refractivity contribution < 1.29 is 19.1 Å². The van der Waals surface area contributed by atoms with E-state index >= 15 is 0 Å². The number of aryl methyl sites for hydroxylation is 1. The highest BCUT2D eigenvalue weighted by Crippen LogP contribution is 2.15. The molecule has 0 saturated carbocycles. The highest BCUT2D eigenvalue weighted by Gasteiger charge is 2.04. The molecular formula is C14H19FN2O3. The Bertz CT molecular complexity index is 477. The van der Waals surface area contributed by atoms with Crippen molar-refractivity contribution in [1.82, 2.24) is 5.32 Å². The normalized spacial score (nSPS) is 10.1. The third-order valence-corrected chi connectivity index (χ3v) is 2.79. The minimum atomic E-state index is -0.803. The van der Waals surface area contributed by atoms with Gasteiger partial charge in [0.05, 0.1) is 0 Å². The first-order valence-corrected chi connectivity index (χ1v) is 6.52. The van der Waals surface area contributed by atoms with E-state index in [1.807, 2.05) is 0 Å². The number of carbonyl (C=O) groups is 2. The fourth-order valence-electron chi connectivity index (χ4n) is 1.71. The number of nitrogens with one attached hydrogen (secondary N) is 2. The van der Waals surface area contributed by atoms with Gasteiger partial charge in [0.2, 0.25) is 0 Å². The standard InChI is InChI=1S/C14H19FN2O3/c1-10-9-11(15)6-7-12(10)17-14(20)16-8-4-2-3-5-13(18)19/h6-7,9H,2-5,8H2,1H3,(H,18,19)(H2,16,17,20). The number of halogens is 1. The molecule has 5 nitrogen and oxygen atoms in total. The molecule has 0 fully saturated rings. The van der Waals surface area contributed by atoms with Crippen molar-refractivity contribution in [2.24, 2.45) is 0 Å². The number of hydrogen-bond acceptors (Lipinski definition) is 2. The van der Waals surface area contributed by atoms with Crippen molar-refractivity contribution in [3.8, 4) is 0 Å². The molecule has 1 aromatic rings. The van der Waals surface area contributed by atoms with Crippen LogP contribution in [0.25, 0.3) is 0 Å². The lowest BCUT2D eigenvalue weighted by molar-refractivity contribution is -0.137. The summed E-state index contributed by atoms with van der Waals surface area (Å²) in [7, 11) is 0. The van der Waals surface area contributed by atoms with E-state index < -0.39 is 5.97 Å². The molecule has 0 aliphatic carbocycles. The van der Waals surface area contributed by atoms with Gasteiger partial charge in [0.15, 0.2) is 0 Å². The molecule has 0 spiro atoms. The summed E-state index contributed by atoms with van der Waals surface area (Å²) < 4.78 is 12.9. The van der Waals surface area contributed by atoms with Crippen LogP contribution in [0.3, 0.4) is 0 Å². The first kappa shape index (κ1) is 15.9. The molecule has 0 heterocycles. The van der Waals surface area contributed by atoms with Gasteiger partial charge in [-0.3, -0.25) is 4.79 Å².